The van der Waals surface area contributed by atoms with Gasteiger partial charge in [-0.1, -0.05) is 16.8 Å². The first-order valence-corrected chi connectivity index (χ1v) is 9.15. The van der Waals surface area contributed by atoms with Crippen LogP contribution in [0.2, 0.25) is 5.02 Å². The van der Waals surface area contributed by atoms with Crippen LogP contribution in [0.4, 0.5) is 0 Å². The van der Waals surface area contributed by atoms with Crippen LogP contribution in [0.15, 0.2) is 46.4 Å². The minimum Gasteiger partial charge on any atom is -0.497 e. The highest BCUT2D eigenvalue weighted by Crippen LogP contribution is 2.30. The van der Waals surface area contributed by atoms with Crippen LogP contribution in [-0.4, -0.2) is 31.7 Å². The second-order valence-electron chi connectivity index (χ2n) is 5.22. The monoisotopic (exact) mass is 377 g/mol. The van der Waals surface area contributed by atoms with Gasteiger partial charge in [0.1, 0.15) is 11.5 Å². The molecular weight excluding hydrogens is 362 g/mol. The summed E-state index contributed by atoms with van der Waals surface area (Å²) in [6.45, 7) is 0.458. The number of fused-ring (bicyclic) bond motifs is 1. The van der Waals surface area contributed by atoms with Gasteiger partial charge < -0.3 is 14.3 Å². The van der Waals surface area contributed by atoms with E-state index >= 15 is 0 Å². The van der Waals surface area contributed by atoms with E-state index in [0.717, 1.165) is 10.5 Å². The molecular formula is C18H16ClNO4S. The molecule has 0 saturated carbocycles. The fourth-order valence-corrected chi connectivity index (χ4v) is 3.04. The van der Waals surface area contributed by atoms with Crippen LogP contribution in [0.1, 0.15) is 22.3 Å². The molecule has 0 aromatic heterocycles. The molecule has 25 heavy (non-hydrogen) atoms. The molecule has 7 heteroatoms. The standard InChI is InChI=1S/C18H16ClNO4S/c1-22-11-3-5-13-16(7-8-23-17(13)9-11)20-24-18(21)14-10-12(25-2)4-6-15(14)19/h3-6,9-10H,7-8H2,1-2H3/b20-16+. The topological polar surface area (TPSA) is 57.1 Å². The van der Waals surface area contributed by atoms with Gasteiger partial charge in [-0.3, -0.25) is 0 Å². The van der Waals surface area contributed by atoms with Gasteiger partial charge in [0, 0.05) is 22.9 Å². The summed E-state index contributed by atoms with van der Waals surface area (Å²) in [5, 5.41) is 4.37. The number of methoxy groups -OCH3 is 1. The van der Waals surface area contributed by atoms with Crippen molar-refractivity contribution in [2.45, 2.75) is 11.3 Å². The van der Waals surface area contributed by atoms with Gasteiger partial charge >= 0.3 is 5.97 Å². The lowest BCUT2D eigenvalue weighted by molar-refractivity contribution is 0.0514. The molecule has 0 unspecified atom stereocenters. The summed E-state index contributed by atoms with van der Waals surface area (Å²) in [7, 11) is 1.59. The van der Waals surface area contributed by atoms with E-state index in [1.807, 2.05) is 24.5 Å². The van der Waals surface area contributed by atoms with Crippen molar-refractivity contribution in [3.8, 4) is 11.5 Å². The lowest BCUT2D eigenvalue weighted by atomic mass is 10.0. The maximum Gasteiger partial charge on any atom is 0.367 e. The molecule has 130 valence electrons. The van der Waals surface area contributed by atoms with Gasteiger partial charge in [-0.2, -0.15) is 0 Å². The third-order valence-electron chi connectivity index (χ3n) is 3.73. The Morgan fingerprint density at radius 2 is 2.12 bits per heavy atom. The molecule has 0 saturated heterocycles. The maximum atomic E-state index is 12.3. The van der Waals surface area contributed by atoms with Crippen molar-refractivity contribution in [1.82, 2.24) is 0 Å². The average molecular weight is 378 g/mol. The number of halogens is 1. The van der Waals surface area contributed by atoms with Gasteiger partial charge in [-0.25, -0.2) is 4.79 Å². The lowest BCUT2D eigenvalue weighted by Gasteiger charge is -2.19. The zero-order valence-electron chi connectivity index (χ0n) is 13.7. The van der Waals surface area contributed by atoms with Gasteiger partial charge in [0.15, 0.2) is 0 Å². The van der Waals surface area contributed by atoms with Crippen molar-refractivity contribution >= 4 is 35.0 Å². The van der Waals surface area contributed by atoms with Crippen LogP contribution >= 0.6 is 23.4 Å². The Balaban J connectivity index is 1.82. The van der Waals surface area contributed by atoms with Crippen LogP contribution in [0.25, 0.3) is 0 Å². The van der Waals surface area contributed by atoms with Crippen molar-refractivity contribution < 1.29 is 19.1 Å². The Hall–Kier alpha value is -2.18. The first-order chi connectivity index (χ1) is 12.1. The van der Waals surface area contributed by atoms with Crippen LogP contribution in [0.5, 0.6) is 11.5 Å². The van der Waals surface area contributed by atoms with E-state index in [1.54, 1.807) is 25.3 Å². The zero-order valence-corrected chi connectivity index (χ0v) is 15.3. The molecule has 0 aliphatic carbocycles. The number of thioether (sulfide) groups is 1. The average Bonchev–Trinajstić information content (AvgIpc) is 2.65. The molecule has 1 aliphatic rings. The third-order valence-corrected chi connectivity index (χ3v) is 4.78. The number of benzene rings is 2. The smallest absolute Gasteiger partial charge is 0.367 e. The highest BCUT2D eigenvalue weighted by atomic mass is 35.5. The van der Waals surface area contributed by atoms with E-state index < -0.39 is 5.97 Å². The Kier molecular flexibility index (Phi) is 5.50. The van der Waals surface area contributed by atoms with E-state index in [9.17, 15) is 4.79 Å². The van der Waals surface area contributed by atoms with E-state index in [0.29, 0.717) is 40.8 Å². The van der Waals surface area contributed by atoms with Crippen molar-refractivity contribution in [2.75, 3.05) is 20.0 Å². The highest BCUT2D eigenvalue weighted by molar-refractivity contribution is 7.98. The molecule has 0 spiro atoms. The van der Waals surface area contributed by atoms with E-state index in [1.165, 1.54) is 11.8 Å². The normalized spacial score (nSPS) is 14.6. The summed E-state index contributed by atoms with van der Waals surface area (Å²) < 4.78 is 10.8. The Labute approximate surface area is 154 Å². The summed E-state index contributed by atoms with van der Waals surface area (Å²) in [4.78, 5) is 18.4. The summed E-state index contributed by atoms with van der Waals surface area (Å²) in [6, 6.07) is 10.6. The minimum absolute atomic E-state index is 0.292. The fourth-order valence-electron chi connectivity index (χ4n) is 2.41. The predicted octanol–water partition coefficient (Wildman–Crippen LogP) is 4.41. The van der Waals surface area contributed by atoms with Crippen molar-refractivity contribution in [3.05, 3.63) is 52.5 Å². The zero-order chi connectivity index (χ0) is 17.8. The number of carbonyl (C=O) groups excluding carboxylic acids is 1. The fraction of sp³-hybridized carbons (Fsp3) is 0.222. The van der Waals surface area contributed by atoms with Crippen LogP contribution in [-0.2, 0) is 4.84 Å². The van der Waals surface area contributed by atoms with Crippen LogP contribution < -0.4 is 9.47 Å². The first-order valence-electron chi connectivity index (χ1n) is 7.55. The summed E-state index contributed by atoms with van der Waals surface area (Å²) >= 11 is 7.61. The van der Waals surface area contributed by atoms with Crippen molar-refractivity contribution in [1.29, 1.82) is 0 Å². The second kappa shape index (κ2) is 7.80. The first kappa shape index (κ1) is 17.6. The molecule has 0 atom stereocenters. The summed E-state index contributed by atoms with van der Waals surface area (Å²) in [5.74, 6) is 0.760. The van der Waals surface area contributed by atoms with Crippen LogP contribution in [0, 0.1) is 0 Å². The van der Waals surface area contributed by atoms with E-state index in [2.05, 4.69) is 5.16 Å². The highest BCUT2D eigenvalue weighted by Gasteiger charge is 2.20. The number of nitrogens with zero attached hydrogens (tertiary/aromatic N) is 1. The molecule has 0 radical (unpaired) electrons. The maximum absolute atomic E-state index is 12.3. The Bertz CT molecular complexity index is 838. The third kappa shape index (κ3) is 3.91. The summed E-state index contributed by atoms with van der Waals surface area (Å²) in [5.41, 5.74) is 1.72. The minimum atomic E-state index is -0.588. The largest absolute Gasteiger partial charge is 0.497 e. The number of hydrogen-bond donors (Lipinski definition) is 0. The van der Waals surface area contributed by atoms with Gasteiger partial charge in [0.25, 0.3) is 0 Å². The van der Waals surface area contributed by atoms with E-state index in [4.69, 9.17) is 25.9 Å². The van der Waals surface area contributed by atoms with Crippen LogP contribution in [0.3, 0.4) is 0 Å². The molecule has 0 bridgehead atoms. The molecule has 0 fully saturated rings. The van der Waals surface area contributed by atoms with Gasteiger partial charge in [0.05, 0.1) is 30.0 Å². The number of carbonyl (C=O) groups is 1. The second-order valence-corrected chi connectivity index (χ2v) is 6.51. The number of oxime groups is 1. The number of rotatable bonds is 4. The molecule has 1 heterocycles. The van der Waals surface area contributed by atoms with Gasteiger partial charge in [-0.05, 0) is 36.6 Å². The quantitative estimate of drug-likeness (QED) is 0.448. The molecule has 0 N–H and O–H groups in total. The molecule has 2 aromatic rings. The molecule has 3 rings (SSSR count). The molecule has 0 amide bonds. The number of hydrogen-bond acceptors (Lipinski definition) is 6. The van der Waals surface area contributed by atoms with Gasteiger partial charge in [-0.15, -0.1) is 11.8 Å². The van der Waals surface area contributed by atoms with E-state index in [-0.39, 0.29) is 0 Å². The Morgan fingerprint density at radius 1 is 1.28 bits per heavy atom. The molecule has 5 nitrogen and oxygen atoms in total. The SMILES string of the molecule is COc1ccc2c(c1)OCC/C2=N\OC(=O)c1cc(SC)ccc1Cl. The van der Waals surface area contributed by atoms with Crippen molar-refractivity contribution in [2.24, 2.45) is 5.16 Å². The van der Waals surface area contributed by atoms with Crippen molar-refractivity contribution in [3.63, 3.8) is 0 Å². The summed E-state index contributed by atoms with van der Waals surface area (Å²) in [6.07, 6.45) is 2.47. The lowest BCUT2D eigenvalue weighted by Crippen LogP contribution is -2.17. The molecule has 2 aromatic carbocycles. The Morgan fingerprint density at radius 3 is 2.88 bits per heavy atom. The number of ether oxygens (including phenoxy) is 2. The van der Waals surface area contributed by atoms with Gasteiger partial charge in [0.2, 0.25) is 0 Å². The predicted molar refractivity (Wildman–Crippen MR) is 98.3 cm³/mol. The molecule has 1 aliphatic heterocycles.